The second kappa shape index (κ2) is 8.81. The zero-order valence-electron chi connectivity index (χ0n) is 17.4. The number of nitrogens with one attached hydrogen (secondary N) is 1. The Morgan fingerprint density at radius 2 is 1.46 bits per heavy atom. The van der Waals surface area contributed by atoms with Crippen molar-refractivity contribution >= 4 is 22.2 Å². The molecule has 8 nitrogen and oxygen atoms in total. The van der Waals surface area contributed by atoms with Gasteiger partial charge >= 0.3 is 22.2 Å². The lowest BCUT2D eigenvalue weighted by molar-refractivity contribution is -0.157. The van der Waals surface area contributed by atoms with E-state index in [4.69, 9.17) is 13.7 Å². The van der Waals surface area contributed by atoms with E-state index >= 15 is 0 Å². The highest BCUT2D eigenvalue weighted by molar-refractivity contribution is 7.86. The topological polar surface area (TPSA) is 108 Å². The van der Waals surface area contributed by atoms with Gasteiger partial charge in [0.05, 0.1) is 6.26 Å². The summed E-state index contributed by atoms with van der Waals surface area (Å²) in [6.45, 7) is 10.3. The lowest BCUT2D eigenvalue weighted by Crippen LogP contribution is -2.47. The molecule has 1 amide bonds. The zero-order valence-corrected chi connectivity index (χ0v) is 18.2. The molecule has 0 bridgehead atoms. The summed E-state index contributed by atoms with van der Waals surface area (Å²) in [5.41, 5.74) is -0.765. The highest BCUT2D eigenvalue weighted by Crippen LogP contribution is 2.17. The van der Waals surface area contributed by atoms with E-state index in [0.717, 1.165) is 6.26 Å². The first kappa shape index (κ1) is 23.7. The fraction of sp³-hybridized carbons (Fsp3) is 0.579. The SMILES string of the molecule is CC(C)(C)OC(=O)NC(Cc1ccc(OS(C)(=O)=O)cc1)C(=O)OC(C)(C)C. The summed E-state index contributed by atoms with van der Waals surface area (Å²) in [5.74, 6) is -0.449. The van der Waals surface area contributed by atoms with Crippen molar-refractivity contribution in [2.24, 2.45) is 0 Å². The van der Waals surface area contributed by atoms with Crippen LogP contribution in [0.5, 0.6) is 5.75 Å². The lowest BCUT2D eigenvalue weighted by atomic mass is 10.1. The maximum Gasteiger partial charge on any atom is 0.408 e. The van der Waals surface area contributed by atoms with Crippen LogP contribution < -0.4 is 9.50 Å². The van der Waals surface area contributed by atoms with Gasteiger partial charge in [-0.05, 0) is 59.2 Å². The smallest absolute Gasteiger partial charge is 0.408 e. The number of hydrogen-bond acceptors (Lipinski definition) is 7. The molecule has 0 aliphatic heterocycles. The number of carbonyl (C=O) groups excluding carboxylic acids is 2. The molecule has 0 spiro atoms. The molecule has 0 radical (unpaired) electrons. The Morgan fingerprint density at radius 3 is 1.89 bits per heavy atom. The van der Waals surface area contributed by atoms with Crippen molar-refractivity contribution in [3.05, 3.63) is 29.8 Å². The van der Waals surface area contributed by atoms with Crippen molar-refractivity contribution < 1.29 is 31.7 Å². The Morgan fingerprint density at radius 1 is 0.964 bits per heavy atom. The van der Waals surface area contributed by atoms with E-state index < -0.39 is 39.4 Å². The molecule has 0 heterocycles. The van der Waals surface area contributed by atoms with E-state index in [0.29, 0.717) is 5.56 Å². The van der Waals surface area contributed by atoms with E-state index in [-0.39, 0.29) is 12.2 Å². The lowest BCUT2D eigenvalue weighted by Gasteiger charge is -2.26. The Kier molecular flexibility index (Phi) is 7.47. The van der Waals surface area contributed by atoms with Crippen LogP contribution in [0, 0.1) is 0 Å². The number of esters is 1. The average molecular weight is 416 g/mol. The number of amides is 1. The number of rotatable bonds is 6. The molecule has 0 saturated carbocycles. The molecule has 0 saturated heterocycles. The van der Waals surface area contributed by atoms with Crippen LogP contribution in [0.4, 0.5) is 4.79 Å². The summed E-state index contributed by atoms with van der Waals surface area (Å²) in [4.78, 5) is 24.6. The summed E-state index contributed by atoms with van der Waals surface area (Å²) in [6, 6.07) is 5.17. The number of alkyl carbamates (subject to hydrolysis) is 1. The van der Waals surface area contributed by atoms with Gasteiger partial charge in [-0.2, -0.15) is 8.42 Å². The highest BCUT2D eigenvalue weighted by atomic mass is 32.2. The zero-order chi connectivity index (χ0) is 21.8. The molecule has 0 fully saturated rings. The molecule has 1 unspecified atom stereocenters. The first-order valence-electron chi connectivity index (χ1n) is 8.75. The quantitative estimate of drug-likeness (QED) is 0.562. The summed E-state index contributed by atoms with van der Waals surface area (Å²) in [5, 5.41) is 2.53. The van der Waals surface area contributed by atoms with Crippen LogP contribution in [0.15, 0.2) is 24.3 Å². The highest BCUT2D eigenvalue weighted by Gasteiger charge is 2.29. The summed E-state index contributed by atoms with van der Waals surface area (Å²) < 4.78 is 37.7. The molecule has 1 atom stereocenters. The van der Waals surface area contributed by atoms with Crippen molar-refractivity contribution in [2.75, 3.05) is 6.26 Å². The first-order chi connectivity index (χ1) is 12.5. The van der Waals surface area contributed by atoms with Crippen molar-refractivity contribution in [2.45, 2.75) is 65.2 Å². The molecular formula is C19H29NO7S. The van der Waals surface area contributed by atoms with Crippen LogP contribution in [0.2, 0.25) is 0 Å². The van der Waals surface area contributed by atoms with Gasteiger partial charge in [0.1, 0.15) is 23.0 Å². The minimum absolute atomic E-state index is 0.132. The van der Waals surface area contributed by atoms with Gasteiger partial charge in [-0.25, -0.2) is 9.59 Å². The van der Waals surface area contributed by atoms with Gasteiger partial charge in [0.15, 0.2) is 0 Å². The number of ether oxygens (including phenoxy) is 2. The van der Waals surface area contributed by atoms with Crippen molar-refractivity contribution in [3.63, 3.8) is 0 Å². The van der Waals surface area contributed by atoms with Crippen LogP contribution in [0.1, 0.15) is 47.1 Å². The number of hydrogen-bond donors (Lipinski definition) is 1. The molecule has 28 heavy (non-hydrogen) atoms. The van der Waals surface area contributed by atoms with Gasteiger partial charge in [0.2, 0.25) is 0 Å². The standard InChI is InChI=1S/C19H29NO7S/c1-18(2,3)25-16(21)15(20-17(22)26-19(4,5)6)12-13-8-10-14(11-9-13)27-28(7,23)24/h8-11,15H,12H2,1-7H3,(H,20,22). The maximum atomic E-state index is 12.5. The molecule has 1 aromatic carbocycles. The second-order valence-corrected chi connectivity index (χ2v) is 9.94. The molecule has 9 heteroatoms. The van der Waals surface area contributed by atoms with Crippen molar-refractivity contribution in [1.82, 2.24) is 5.32 Å². The third kappa shape index (κ3) is 10.1. The number of benzene rings is 1. The Labute approximate surface area is 166 Å². The molecule has 1 aromatic rings. The summed E-state index contributed by atoms with van der Waals surface area (Å²) in [7, 11) is -3.63. The van der Waals surface area contributed by atoms with Gasteiger partial charge in [-0.15, -0.1) is 0 Å². The predicted molar refractivity (Wildman–Crippen MR) is 105 cm³/mol. The van der Waals surface area contributed by atoms with Crippen LogP contribution in [0.3, 0.4) is 0 Å². The van der Waals surface area contributed by atoms with Crippen molar-refractivity contribution in [3.8, 4) is 5.75 Å². The summed E-state index contributed by atoms with van der Waals surface area (Å²) in [6.07, 6.45) is 0.345. The third-order valence-electron chi connectivity index (χ3n) is 2.99. The first-order valence-corrected chi connectivity index (χ1v) is 10.6. The van der Waals surface area contributed by atoms with Gasteiger partial charge < -0.3 is 19.0 Å². The minimum atomic E-state index is -3.63. The van der Waals surface area contributed by atoms with Crippen LogP contribution >= 0.6 is 0 Å². The monoisotopic (exact) mass is 415 g/mol. The molecule has 1 rings (SSSR count). The summed E-state index contributed by atoms with van der Waals surface area (Å²) >= 11 is 0. The van der Waals surface area contributed by atoms with E-state index in [2.05, 4.69) is 5.32 Å². The normalized spacial score (nSPS) is 13.4. The Bertz CT molecular complexity index is 787. The Hall–Kier alpha value is -2.29. The minimum Gasteiger partial charge on any atom is -0.458 e. The molecule has 0 aromatic heterocycles. The Balaban J connectivity index is 2.95. The molecular weight excluding hydrogens is 386 g/mol. The molecule has 0 aliphatic carbocycles. The van der Waals surface area contributed by atoms with Crippen LogP contribution in [-0.2, 0) is 30.8 Å². The second-order valence-electron chi connectivity index (χ2n) is 8.37. The average Bonchev–Trinajstić information content (AvgIpc) is 2.43. The fourth-order valence-electron chi connectivity index (χ4n) is 2.11. The van der Waals surface area contributed by atoms with Gasteiger partial charge in [0.25, 0.3) is 0 Å². The third-order valence-corrected chi connectivity index (χ3v) is 3.49. The molecule has 0 aliphatic rings. The van der Waals surface area contributed by atoms with Crippen LogP contribution in [-0.4, -0.2) is 44.0 Å². The van der Waals surface area contributed by atoms with Gasteiger partial charge in [-0.3, -0.25) is 0 Å². The largest absolute Gasteiger partial charge is 0.458 e. The fourth-order valence-corrected chi connectivity index (χ4v) is 2.57. The van der Waals surface area contributed by atoms with Crippen LogP contribution in [0.25, 0.3) is 0 Å². The maximum absolute atomic E-state index is 12.5. The van der Waals surface area contributed by atoms with Gasteiger partial charge in [-0.1, -0.05) is 12.1 Å². The van der Waals surface area contributed by atoms with E-state index in [1.165, 1.54) is 12.1 Å². The van der Waals surface area contributed by atoms with E-state index in [9.17, 15) is 18.0 Å². The molecule has 158 valence electrons. The number of carbonyl (C=O) groups is 2. The predicted octanol–water partition coefficient (Wildman–Crippen LogP) is 2.80. The molecule has 1 N–H and O–H groups in total. The van der Waals surface area contributed by atoms with Gasteiger partial charge in [0, 0.05) is 6.42 Å². The van der Waals surface area contributed by atoms with E-state index in [1.807, 2.05) is 0 Å². The van der Waals surface area contributed by atoms with Crippen molar-refractivity contribution in [1.29, 1.82) is 0 Å². The van der Waals surface area contributed by atoms with E-state index in [1.54, 1.807) is 53.7 Å².